The number of para-hydroxylation sites is 2. The number of fused-ring (bicyclic) bond motifs is 1. The van der Waals surface area contributed by atoms with E-state index in [0.717, 1.165) is 82.8 Å². The number of carbonyl (C=O) groups excluding carboxylic acids is 1. The number of carbonyl (C=O) groups is 1. The molecule has 1 amide bonds. The number of imidazole rings is 1. The molecular formula is C29H39N5O. The zero-order chi connectivity index (χ0) is 24.0. The first-order chi connectivity index (χ1) is 17.2. The van der Waals surface area contributed by atoms with Gasteiger partial charge in [0.05, 0.1) is 11.0 Å². The second-order valence-electron chi connectivity index (χ2n) is 10.2. The van der Waals surface area contributed by atoms with Gasteiger partial charge in [-0.2, -0.15) is 0 Å². The Morgan fingerprint density at radius 1 is 0.943 bits per heavy atom. The molecule has 0 bridgehead atoms. The van der Waals surface area contributed by atoms with Crippen LogP contribution < -0.4 is 10.2 Å². The van der Waals surface area contributed by atoms with Crippen LogP contribution in [0.25, 0.3) is 11.0 Å². The maximum absolute atomic E-state index is 13.1. The van der Waals surface area contributed by atoms with Gasteiger partial charge in [-0.05, 0) is 49.8 Å². The van der Waals surface area contributed by atoms with E-state index in [9.17, 15) is 4.79 Å². The van der Waals surface area contributed by atoms with Crippen LogP contribution >= 0.6 is 0 Å². The molecule has 2 aromatic carbocycles. The summed E-state index contributed by atoms with van der Waals surface area (Å²) >= 11 is 0. The van der Waals surface area contributed by atoms with Gasteiger partial charge in [0.1, 0.15) is 0 Å². The largest absolute Gasteiger partial charge is 0.353 e. The van der Waals surface area contributed by atoms with Gasteiger partial charge in [-0.25, -0.2) is 4.98 Å². The quantitative estimate of drug-likeness (QED) is 0.509. The number of piperidine rings is 2. The van der Waals surface area contributed by atoms with Gasteiger partial charge in [-0.1, -0.05) is 55.8 Å². The predicted molar refractivity (Wildman–Crippen MR) is 142 cm³/mol. The van der Waals surface area contributed by atoms with Crippen LogP contribution in [0.1, 0.15) is 51.0 Å². The molecule has 5 rings (SSSR count). The fourth-order valence-corrected chi connectivity index (χ4v) is 5.58. The van der Waals surface area contributed by atoms with Gasteiger partial charge in [-0.15, -0.1) is 0 Å². The van der Waals surface area contributed by atoms with Crippen molar-refractivity contribution in [3.8, 4) is 0 Å². The fraction of sp³-hybridized carbons (Fsp3) is 0.517. The summed E-state index contributed by atoms with van der Waals surface area (Å²) in [6.07, 6.45) is 6.19. The van der Waals surface area contributed by atoms with Crippen molar-refractivity contribution >= 4 is 22.9 Å². The number of likely N-dealkylation sites (tertiary alicyclic amines) is 1. The number of nitrogens with zero attached hydrogens (tertiary/aromatic N) is 4. The molecular weight excluding hydrogens is 434 g/mol. The summed E-state index contributed by atoms with van der Waals surface area (Å²) in [5.41, 5.74) is 3.65. The van der Waals surface area contributed by atoms with E-state index in [1.54, 1.807) is 0 Å². The number of anilines is 1. The van der Waals surface area contributed by atoms with E-state index in [1.807, 2.05) is 0 Å². The molecule has 0 atom stereocenters. The molecule has 0 unspecified atom stereocenters. The lowest BCUT2D eigenvalue weighted by molar-refractivity contribution is -0.126. The summed E-state index contributed by atoms with van der Waals surface area (Å²) in [6.45, 7) is 8.11. The highest BCUT2D eigenvalue weighted by Crippen LogP contribution is 2.28. The van der Waals surface area contributed by atoms with Gasteiger partial charge in [0.25, 0.3) is 0 Å². The van der Waals surface area contributed by atoms with Crippen LogP contribution in [0.3, 0.4) is 0 Å². The Labute approximate surface area is 209 Å². The molecule has 3 heterocycles. The first-order valence-electron chi connectivity index (χ1n) is 13.5. The number of nitrogens with one attached hydrogen (secondary N) is 1. The van der Waals surface area contributed by atoms with Crippen molar-refractivity contribution in [1.82, 2.24) is 19.8 Å². The normalized spacial score (nSPS) is 18.3. The molecule has 35 heavy (non-hydrogen) atoms. The molecule has 2 fully saturated rings. The third-order valence-electron chi connectivity index (χ3n) is 7.70. The SMILES string of the molecule is CCCCn1c(N2CCC(C(=O)NC3CCN(Cc4ccccc4)CC3)CC2)nc2ccccc21. The van der Waals surface area contributed by atoms with Crippen LogP contribution in [-0.4, -0.2) is 52.6 Å². The van der Waals surface area contributed by atoms with E-state index < -0.39 is 0 Å². The molecule has 2 aliphatic rings. The zero-order valence-electron chi connectivity index (χ0n) is 21.0. The lowest BCUT2D eigenvalue weighted by atomic mass is 9.94. The smallest absolute Gasteiger partial charge is 0.223 e. The molecule has 2 saturated heterocycles. The van der Waals surface area contributed by atoms with Crippen molar-refractivity contribution in [3.63, 3.8) is 0 Å². The van der Waals surface area contributed by atoms with Gasteiger partial charge < -0.3 is 14.8 Å². The van der Waals surface area contributed by atoms with Crippen molar-refractivity contribution in [2.24, 2.45) is 5.92 Å². The van der Waals surface area contributed by atoms with Crippen LogP contribution in [0.4, 0.5) is 5.95 Å². The van der Waals surface area contributed by atoms with E-state index in [2.05, 4.69) is 81.2 Å². The maximum Gasteiger partial charge on any atom is 0.223 e. The van der Waals surface area contributed by atoms with Gasteiger partial charge >= 0.3 is 0 Å². The minimum absolute atomic E-state index is 0.113. The number of rotatable bonds is 8. The van der Waals surface area contributed by atoms with Gasteiger partial charge in [0, 0.05) is 51.2 Å². The van der Waals surface area contributed by atoms with Crippen molar-refractivity contribution < 1.29 is 4.79 Å². The second kappa shape index (κ2) is 11.3. The van der Waals surface area contributed by atoms with Crippen LogP contribution in [0, 0.1) is 5.92 Å². The summed E-state index contributed by atoms with van der Waals surface area (Å²) in [5, 5.41) is 3.38. The molecule has 2 aliphatic heterocycles. The second-order valence-corrected chi connectivity index (χ2v) is 10.2. The number of aromatic nitrogens is 2. The zero-order valence-corrected chi connectivity index (χ0v) is 21.0. The molecule has 0 saturated carbocycles. The monoisotopic (exact) mass is 473 g/mol. The van der Waals surface area contributed by atoms with E-state index in [-0.39, 0.29) is 11.8 Å². The summed E-state index contributed by atoms with van der Waals surface area (Å²) in [4.78, 5) is 22.9. The van der Waals surface area contributed by atoms with E-state index >= 15 is 0 Å². The van der Waals surface area contributed by atoms with Crippen LogP contribution in [-0.2, 0) is 17.9 Å². The lowest BCUT2D eigenvalue weighted by Gasteiger charge is -2.35. The Hall–Kier alpha value is -2.86. The maximum atomic E-state index is 13.1. The van der Waals surface area contributed by atoms with Crippen LogP contribution in [0.2, 0.25) is 0 Å². The summed E-state index contributed by atoms with van der Waals surface area (Å²) in [7, 11) is 0. The molecule has 0 aliphatic carbocycles. The van der Waals surface area contributed by atoms with Gasteiger partial charge in [0.15, 0.2) is 0 Å². The number of amides is 1. The van der Waals surface area contributed by atoms with Crippen LogP contribution in [0.5, 0.6) is 0 Å². The minimum atomic E-state index is 0.113. The Bertz CT molecular complexity index is 1090. The van der Waals surface area contributed by atoms with Crippen molar-refractivity contribution in [3.05, 3.63) is 60.2 Å². The third kappa shape index (κ3) is 5.69. The number of unbranched alkanes of at least 4 members (excludes halogenated alkanes) is 1. The summed E-state index contributed by atoms with van der Waals surface area (Å²) in [6, 6.07) is 19.4. The highest BCUT2D eigenvalue weighted by Gasteiger charge is 2.29. The van der Waals surface area contributed by atoms with E-state index in [1.165, 1.54) is 17.5 Å². The molecule has 0 spiro atoms. The summed E-state index contributed by atoms with van der Waals surface area (Å²) in [5.74, 6) is 1.44. The molecule has 6 heteroatoms. The Morgan fingerprint density at radius 2 is 1.66 bits per heavy atom. The van der Waals surface area contributed by atoms with Crippen molar-refractivity contribution in [2.75, 3.05) is 31.1 Å². The Balaban J connectivity index is 1.12. The average molecular weight is 474 g/mol. The highest BCUT2D eigenvalue weighted by atomic mass is 16.2. The fourth-order valence-electron chi connectivity index (χ4n) is 5.58. The molecule has 6 nitrogen and oxygen atoms in total. The number of benzene rings is 2. The molecule has 0 radical (unpaired) electrons. The number of hydrogen-bond donors (Lipinski definition) is 1. The number of aryl methyl sites for hydroxylation is 1. The standard InChI is InChI=1S/C29H39N5O/c1-2-3-17-34-27-12-8-7-11-26(27)31-29(34)33-20-13-24(14-21-33)28(35)30-25-15-18-32(19-16-25)22-23-9-5-4-6-10-23/h4-12,24-25H,2-3,13-22H2,1H3,(H,30,35). The van der Waals surface area contributed by atoms with E-state index in [0.29, 0.717) is 6.04 Å². The van der Waals surface area contributed by atoms with Crippen molar-refractivity contribution in [2.45, 2.75) is 64.6 Å². The van der Waals surface area contributed by atoms with Crippen molar-refractivity contribution in [1.29, 1.82) is 0 Å². The third-order valence-corrected chi connectivity index (χ3v) is 7.70. The molecule has 1 N–H and O–H groups in total. The average Bonchev–Trinajstić information content (AvgIpc) is 3.28. The summed E-state index contributed by atoms with van der Waals surface area (Å²) < 4.78 is 2.38. The topological polar surface area (TPSA) is 53.4 Å². The predicted octanol–water partition coefficient (Wildman–Crippen LogP) is 4.83. The number of hydrogen-bond acceptors (Lipinski definition) is 4. The molecule has 1 aromatic heterocycles. The lowest BCUT2D eigenvalue weighted by Crippen LogP contribution is -2.48. The Morgan fingerprint density at radius 3 is 2.40 bits per heavy atom. The van der Waals surface area contributed by atoms with Gasteiger partial charge in [0.2, 0.25) is 11.9 Å². The Kier molecular flexibility index (Phi) is 7.67. The van der Waals surface area contributed by atoms with E-state index in [4.69, 9.17) is 4.98 Å². The molecule has 186 valence electrons. The van der Waals surface area contributed by atoms with Crippen LogP contribution in [0.15, 0.2) is 54.6 Å². The minimum Gasteiger partial charge on any atom is -0.353 e. The highest BCUT2D eigenvalue weighted by molar-refractivity contribution is 5.80. The first kappa shape index (κ1) is 23.9. The van der Waals surface area contributed by atoms with Gasteiger partial charge in [-0.3, -0.25) is 9.69 Å². The first-order valence-corrected chi connectivity index (χ1v) is 13.5. The molecule has 3 aromatic rings.